The van der Waals surface area contributed by atoms with Gasteiger partial charge in [0.05, 0.1) is 33.4 Å². The smallest absolute Gasteiger partial charge is 0.333 e. The average molecular weight is 595 g/mol. The fraction of sp³-hybridized carbons (Fsp3) is 0.200. The van der Waals surface area contributed by atoms with E-state index in [-0.39, 0.29) is 44.3 Å². The highest BCUT2D eigenvalue weighted by Gasteiger charge is 2.22. The van der Waals surface area contributed by atoms with E-state index in [1.54, 1.807) is 25.1 Å². The Balaban J connectivity index is 1.70. The summed E-state index contributed by atoms with van der Waals surface area (Å²) in [6.07, 6.45) is 1.53. The third-order valence-corrected chi connectivity index (χ3v) is 8.60. The summed E-state index contributed by atoms with van der Waals surface area (Å²) in [7, 11) is -4.18. The molecule has 4 aromatic rings. The van der Waals surface area contributed by atoms with Crippen LogP contribution in [0.5, 0.6) is 5.75 Å². The predicted molar refractivity (Wildman–Crippen MR) is 150 cm³/mol. The van der Waals surface area contributed by atoms with E-state index in [2.05, 4.69) is 10.6 Å². The molecule has 14 heteroatoms. The number of aliphatic hydroxyl groups is 1. The SMILES string of the molecule is CCNc1cc2ccn(-c3cc(C)c(NC(=O)NS(=O)(=O)c4ccc(Cl)s4)c(OCCO)c3)c(=O)c2cc1F. The number of amides is 2. The van der Waals surface area contributed by atoms with Gasteiger partial charge in [-0.2, -0.15) is 0 Å². The monoisotopic (exact) mass is 594 g/mol. The first-order valence-electron chi connectivity index (χ1n) is 11.6. The number of aromatic nitrogens is 1. The molecule has 0 spiro atoms. The number of sulfonamides is 1. The molecule has 0 aliphatic heterocycles. The van der Waals surface area contributed by atoms with Gasteiger partial charge in [0.25, 0.3) is 15.6 Å². The number of benzene rings is 2. The fourth-order valence-electron chi connectivity index (χ4n) is 3.85. The molecule has 39 heavy (non-hydrogen) atoms. The molecule has 0 aliphatic carbocycles. The normalized spacial score (nSPS) is 11.4. The molecule has 0 radical (unpaired) electrons. The lowest BCUT2D eigenvalue weighted by Gasteiger charge is -2.18. The minimum absolute atomic E-state index is 0.0754. The number of thiophene rings is 1. The first-order valence-corrected chi connectivity index (χ1v) is 14.3. The van der Waals surface area contributed by atoms with E-state index in [0.29, 0.717) is 23.2 Å². The van der Waals surface area contributed by atoms with Crippen molar-refractivity contribution in [2.45, 2.75) is 18.1 Å². The molecule has 4 rings (SSSR count). The highest BCUT2D eigenvalue weighted by molar-refractivity contribution is 7.92. The molecule has 0 aliphatic rings. The number of fused-ring (bicyclic) bond motifs is 1. The molecule has 2 heterocycles. The van der Waals surface area contributed by atoms with Crippen molar-refractivity contribution in [1.29, 1.82) is 0 Å². The van der Waals surface area contributed by atoms with Crippen LogP contribution < -0.4 is 25.7 Å². The highest BCUT2D eigenvalue weighted by atomic mass is 35.5. The molecule has 2 aromatic carbocycles. The van der Waals surface area contributed by atoms with Crippen molar-refractivity contribution in [2.75, 3.05) is 30.4 Å². The van der Waals surface area contributed by atoms with Gasteiger partial charge in [0.1, 0.15) is 22.4 Å². The Kier molecular flexibility index (Phi) is 8.45. The van der Waals surface area contributed by atoms with Gasteiger partial charge < -0.3 is 20.5 Å². The number of hydrogen-bond acceptors (Lipinski definition) is 8. The summed E-state index contributed by atoms with van der Waals surface area (Å²) in [5, 5.41) is 15.4. The molecule has 0 atom stereocenters. The average Bonchev–Trinajstić information content (AvgIpc) is 3.33. The molecule has 0 saturated carbocycles. The van der Waals surface area contributed by atoms with Crippen molar-refractivity contribution in [3.63, 3.8) is 0 Å². The summed E-state index contributed by atoms with van der Waals surface area (Å²) >= 11 is 6.59. The zero-order valence-corrected chi connectivity index (χ0v) is 23.1. The number of ether oxygens (including phenoxy) is 1. The van der Waals surface area contributed by atoms with E-state index in [1.165, 1.54) is 35.0 Å². The van der Waals surface area contributed by atoms with Crippen molar-refractivity contribution in [1.82, 2.24) is 9.29 Å². The first-order chi connectivity index (χ1) is 18.5. The Bertz CT molecular complexity index is 1720. The molecule has 2 aromatic heterocycles. The predicted octanol–water partition coefficient (Wildman–Crippen LogP) is 4.47. The largest absolute Gasteiger partial charge is 0.489 e. The molecular formula is C25H24ClFN4O6S2. The van der Waals surface area contributed by atoms with E-state index < -0.39 is 27.4 Å². The zero-order valence-electron chi connectivity index (χ0n) is 20.7. The Labute approximate surface area is 232 Å². The number of aryl methyl sites for hydroxylation is 1. The number of rotatable bonds is 9. The zero-order chi connectivity index (χ0) is 28.3. The topological polar surface area (TPSA) is 139 Å². The van der Waals surface area contributed by atoms with Crippen LogP contribution in [0.25, 0.3) is 16.5 Å². The van der Waals surface area contributed by atoms with Gasteiger partial charge in [-0.15, -0.1) is 11.3 Å². The molecule has 0 fully saturated rings. The van der Waals surface area contributed by atoms with Crippen LogP contribution in [-0.2, 0) is 10.0 Å². The second-order valence-electron chi connectivity index (χ2n) is 8.27. The van der Waals surface area contributed by atoms with Gasteiger partial charge in [-0.05, 0) is 61.2 Å². The second kappa shape index (κ2) is 11.6. The summed E-state index contributed by atoms with van der Waals surface area (Å²) in [5.74, 6) is -0.487. The van der Waals surface area contributed by atoms with Crippen LogP contribution in [0.1, 0.15) is 12.5 Å². The molecule has 10 nitrogen and oxygen atoms in total. The highest BCUT2D eigenvalue weighted by Crippen LogP contribution is 2.32. The number of nitrogens with one attached hydrogen (secondary N) is 3. The first kappa shape index (κ1) is 28.4. The minimum atomic E-state index is -4.18. The van der Waals surface area contributed by atoms with E-state index in [9.17, 15) is 27.5 Å². The second-order valence-corrected chi connectivity index (χ2v) is 11.9. The number of nitrogens with zero attached hydrogens (tertiary/aromatic N) is 1. The van der Waals surface area contributed by atoms with Crippen molar-refractivity contribution in [3.05, 3.63) is 74.7 Å². The van der Waals surface area contributed by atoms with E-state index in [1.807, 2.05) is 11.6 Å². The molecule has 4 N–H and O–H groups in total. The molecule has 0 bridgehead atoms. The van der Waals surface area contributed by atoms with Gasteiger partial charge in [0.15, 0.2) is 0 Å². The van der Waals surface area contributed by atoms with Crippen molar-refractivity contribution >= 4 is 61.1 Å². The minimum Gasteiger partial charge on any atom is -0.489 e. The van der Waals surface area contributed by atoms with Crippen molar-refractivity contribution < 1.29 is 27.4 Å². The lowest BCUT2D eigenvalue weighted by molar-refractivity contribution is 0.202. The Hall–Kier alpha value is -3.65. The summed E-state index contributed by atoms with van der Waals surface area (Å²) in [5.41, 5.74) is 0.694. The number of urea groups is 1. The Morgan fingerprint density at radius 3 is 2.64 bits per heavy atom. The lowest BCUT2D eigenvalue weighted by Crippen LogP contribution is -2.34. The summed E-state index contributed by atoms with van der Waals surface area (Å²) in [4.78, 5) is 25.9. The van der Waals surface area contributed by atoms with Crippen molar-refractivity contribution in [3.8, 4) is 11.4 Å². The Morgan fingerprint density at radius 1 is 1.21 bits per heavy atom. The summed E-state index contributed by atoms with van der Waals surface area (Å²) in [6.45, 7) is 3.48. The number of pyridine rings is 1. The quantitative estimate of drug-likeness (QED) is 0.224. The summed E-state index contributed by atoms with van der Waals surface area (Å²) < 4.78 is 48.4. The van der Waals surface area contributed by atoms with Crippen LogP contribution in [0.15, 0.2) is 57.7 Å². The third kappa shape index (κ3) is 6.17. The van der Waals surface area contributed by atoms with Crippen LogP contribution in [0, 0.1) is 12.7 Å². The van der Waals surface area contributed by atoms with Gasteiger partial charge in [-0.3, -0.25) is 9.36 Å². The maximum Gasteiger partial charge on any atom is 0.333 e. The fourth-order valence-corrected chi connectivity index (χ4v) is 6.24. The van der Waals surface area contributed by atoms with Crippen LogP contribution in [0.2, 0.25) is 4.34 Å². The van der Waals surface area contributed by atoms with Gasteiger partial charge >= 0.3 is 6.03 Å². The number of hydrogen-bond donors (Lipinski definition) is 4. The number of carbonyl (C=O) groups is 1. The molecule has 0 unspecified atom stereocenters. The maximum atomic E-state index is 14.5. The van der Waals surface area contributed by atoms with Gasteiger partial charge in [0.2, 0.25) is 0 Å². The van der Waals surface area contributed by atoms with E-state index >= 15 is 0 Å². The van der Waals surface area contributed by atoms with Crippen LogP contribution in [0.4, 0.5) is 20.6 Å². The standard InChI is InChI=1S/C25H24ClFN4O6S2/c1-3-28-19-11-15-6-7-31(24(33)17(15)13-18(19)27)16-10-14(2)23(20(12-16)37-9-8-32)29-25(34)30-39(35,36)22-5-4-21(26)38-22/h4-7,10-13,28,32H,3,8-9H2,1-2H3,(H2,29,30,34). The number of anilines is 2. The van der Waals surface area contributed by atoms with Gasteiger partial charge in [-0.1, -0.05) is 11.6 Å². The number of aliphatic hydroxyl groups excluding tert-OH is 1. The number of halogens is 2. The van der Waals surface area contributed by atoms with Crippen LogP contribution in [-0.4, -0.2) is 43.9 Å². The number of carbonyl (C=O) groups excluding carboxylic acids is 1. The molecule has 206 valence electrons. The van der Waals surface area contributed by atoms with Gasteiger partial charge in [0, 0.05) is 18.8 Å². The van der Waals surface area contributed by atoms with Crippen LogP contribution >= 0.6 is 22.9 Å². The summed E-state index contributed by atoms with van der Waals surface area (Å²) in [6, 6.07) is 9.03. The molecular weight excluding hydrogens is 571 g/mol. The Morgan fingerprint density at radius 2 is 1.97 bits per heavy atom. The van der Waals surface area contributed by atoms with Gasteiger partial charge in [-0.25, -0.2) is 22.3 Å². The maximum absolute atomic E-state index is 14.5. The van der Waals surface area contributed by atoms with E-state index in [4.69, 9.17) is 16.3 Å². The molecule has 0 saturated heterocycles. The lowest BCUT2D eigenvalue weighted by atomic mass is 10.1. The van der Waals surface area contributed by atoms with Crippen LogP contribution in [0.3, 0.4) is 0 Å². The molecule has 2 amide bonds. The van der Waals surface area contributed by atoms with E-state index in [0.717, 1.165) is 11.3 Å². The third-order valence-electron chi connectivity index (χ3n) is 5.55. The van der Waals surface area contributed by atoms with Crippen molar-refractivity contribution in [2.24, 2.45) is 0 Å².